The molecule has 0 fully saturated rings. The van der Waals surface area contributed by atoms with Gasteiger partial charge in [-0.05, 0) is 48.5 Å². The Bertz CT molecular complexity index is 1210. The molecule has 0 aliphatic rings. The summed E-state index contributed by atoms with van der Waals surface area (Å²) in [5, 5.41) is 3.17. The summed E-state index contributed by atoms with van der Waals surface area (Å²) in [5.41, 5.74) is 1.21. The van der Waals surface area contributed by atoms with E-state index in [1.165, 1.54) is 18.5 Å². The van der Waals surface area contributed by atoms with Crippen LogP contribution in [0.1, 0.15) is 0 Å². The molecule has 0 bridgehead atoms. The fourth-order valence-electron chi connectivity index (χ4n) is 2.55. The maximum absolute atomic E-state index is 12.5. The van der Waals surface area contributed by atoms with Crippen molar-refractivity contribution in [3.63, 3.8) is 0 Å². The van der Waals surface area contributed by atoms with Crippen LogP contribution >= 0.6 is 15.9 Å². The number of benzene rings is 2. The van der Waals surface area contributed by atoms with Crippen LogP contribution in [0.25, 0.3) is 5.82 Å². The molecule has 0 unspecified atom stereocenters. The third kappa shape index (κ3) is 4.61. The van der Waals surface area contributed by atoms with Crippen molar-refractivity contribution in [1.29, 1.82) is 0 Å². The molecule has 4 aromatic rings. The molecule has 0 saturated carbocycles. The quantitative estimate of drug-likeness (QED) is 0.441. The van der Waals surface area contributed by atoms with Gasteiger partial charge >= 0.3 is 0 Å². The predicted octanol–water partition coefficient (Wildman–Crippen LogP) is 3.97. The Kier molecular flexibility index (Phi) is 5.28. The highest BCUT2D eigenvalue weighted by Gasteiger charge is 2.13. The zero-order valence-corrected chi connectivity index (χ0v) is 17.3. The van der Waals surface area contributed by atoms with Crippen LogP contribution in [-0.4, -0.2) is 27.9 Å². The SMILES string of the molecule is O=S(=O)(Nc1ccc(Nc2cc(-n3ccnc3)ncn2)cc1)c1ccc(Br)cc1. The van der Waals surface area contributed by atoms with Gasteiger partial charge in [-0.1, -0.05) is 15.9 Å². The van der Waals surface area contributed by atoms with Gasteiger partial charge in [-0.15, -0.1) is 0 Å². The van der Waals surface area contributed by atoms with E-state index in [4.69, 9.17) is 0 Å². The molecule has 0 aliphatic heterocycles. The van der Waals surface area contributed by atoms with Crippen LogP contribution < -0.4 is 10.0 Å². The summed E-state index contributed by atoms with van der Waals surface area (Å²) in [6.45, 7) is 0. The second-order valence-electron chi connectivity index (χ2n) is 5.99. The van der Waals surface area contributed by atoms with Crippen LogP contribution in [0.3, 0.4) is 0 Å². The summed E-state index contributed by atoms with van der Waals surface area (Å²) < 4.78 is 30.1. The van der Waals surface area contributed by atoms with E-state index in [2.05, 4.69) is 40.9 Å². The number of sulfonamides is 1. The Morgan fingerprint density at radius 3 is 2.34 bits per heavy atom. The minimum atomic E-state index is -3.65. The number of nitrogens with zero attached hydrogens (tertiary/aromatic N) is 4. The van der Waals surface area contributed by atoms with Crippen molar-refractivity contribution < 1.29 is 8.42 Å². The molecule has 2 N–H and O–H groups in total. The highest BCUT2D eigenvalue weighted by atomic mass is 79.9. The number of hydrogen-bond acceptors (Lipinski definition) is 6. The van der Waals surface area contributed by atoms with Crippen LogP contribution in [0.5, 0.6) is 0 Å². The van der Waals surface area contributed by atoms with Gasteiger partial charge in [-0.2, -0.15) is 0 Å². The lowest BCUT2D eigenvalue weighted by molar-refractivity contribution is 0.601. The number of imidazole rings is 1. The van der Waals surface area contributed by atoms with Crippen LogP contribution in [0.4, 0.5) is 17.2 Å². The van der Waals surface area contributed by atoms with Gasteiger partial charge in [0.15, 0.2) is 0 Å². The minimum absolute atomic E-state index is 0.191. The maximum Gasteiger partial charge on any atom is 0.261 e. The van der Waals surface area contributed by atoms with E-state index in [9.17, 15) is 8.42 Å². The first-order valence-corrected chi connectivity index (χ1v) is 10.7. The van der Waals surface area contributed by atoms with Gasteiger partial charge in [0.05, 0.1) is 4.90 Å². The first kappa shape index (κ1) is 19.1. The number of anilines is 3. The third-order valence-corrected chi connectivity index (χ3v) is 5.88. The smallest absolute Gasteiger partial charge is 0.261 e. The van der Waals surface area contributed by atoms with Crippen molar-refractivity contribution in [2.45, 2.75) is 4.90 Å². The van der Waals surface area contributed by atoms with Gasteiger partial charge in [0, 0.05) is 34.3 Å². The number of hydrogen-bond donors (Lipinski definition) is 2. The Hall–Kier alpha value is -3.24. The zero-order valence-electron chi connectivity index (χ0n) is 14.9. The number of nitrogens with one attached hydrogen (secondary N) is 2. The second-order valence-corrected chi connectivity index (χ2v) is 8.59. The average Bonchev–Trinajstić information content (AvgIpc) is 3.25. The Morgan fingerprint density at radius 1 is 0.931 bits per heavy atom. The van der Waals surface area contributed by atoms with E-state index in [0.29, 0.717) is 17.3 Å². The van der Waals surface area contributed by atoms with Crippen molar-refractivity contribution >= 4 is 43.1 Å². The van der Waals surface area contributed by atoms with Crippen molar-refractivity contribution in [1.82, 2.24) is 19.5 Å². The molecule has 0 saturated heterocycles. The minimum Gasteiger partial charge on any atom is -0.340 e. The first-order valence-electron chi connectivity index (χ1n) is 8.45. The summed E-state index contributed by atoms with van der Waals surface area (Å²) in [5.74, 6) is 1.28. The summed E-state index contributed by atoms with van der Waals surface area (Å²) in [6, 6.07) is 15.1. The lowest BCUT2D eigenvalue weighted by atomic mass is 10.3. The molecular weight excluding hydrogens is 456 g/mol. The molecule has 2 aromatic heterocycles. The van der Waals surface area contributed by atoms with Crippen LogP contribution in [0, 0.1) is 0 Å². The van der Waals surface area contributed by atoms with Crippen molar-refractivity contribution in [3.05, 3.63) is 84.1 Å². The van der Waals surface area contributed by atoms with E-state index < -0.39 is 10.0 Å². The lowest BCUT2D eigenvalue weighted by Crippen LogP contribution is -2.12. The monoisotopic (exact) mass is 470 g/mol. The average molecular weight is 471 g/mol. The van der Waals surface area contributed by atoms with Gasteiger partial charge in [-0.3, -0.25) is 9.29 Å². The molecule has 0 spiro atoms. The van der Waals surface area contributed by atoms with Gasteiger partial charge in [0.25, 0.3) is 10.0 Å². The summed E-state index contributed by atoms with van der Waals surface area (Å²) in [7, 11) is -3.65. The van der Waals surface area contributed by atoms with Gasteiger partial charge in [0.2, 0.25) is 0 Å². The first-order chi connectivity index (χ1) is 14.0. The fraction of sp³-hybridized carbons (Fsp3) is 0. The van der Waals surface area contributed by atoms with Crippen molar-refractivity contribution in [2.75, 3.05) is 10.0 Å². The normalized spacial score (nSPS) is 11.2. The van der Waals surface area contributed by atoms with E-state index >= 15 is 0 Å². The van der Waals surface area contributed by atoms with Gasteiger partial charge in [-0.25, -0.2) is 23.4 Å². The molecule has 0 atom stereocenters. The molecule has 146 valence electrons. The Balaban J connectivity index is 1.47. The van der Waals surface area contributed by atoms with Crippen molar-refractivity contribution in [2.24, 2.45) is 0 Å². The van der Waals surface area contributed by atoms with Crippen molar-refractivity contribution in [3.8, 4) is 5.82 Å². The largest absolute Gasteiger partial charge is 0.340 e. The van der Waals surface area contributed by atoms with Gasteiger partial charge in [0.1, 0.15) is 24.3 Å². The third-order valence-electron chi connectivity index (χ3n) is 3.96. The standard InChI is InChI=1S/C19H15BrN6O2S/c20-14-1-7-17(8-2-14)29(27,28)25-16-5-3-15(4-6-16)24-18-11-19(23-12-22-18)26-10-9-21-13-26/h1-13,25H,(H,22,23,24). The number of halogens is 1. The summed E-state index contributed by atoms with van der Waals surface area (Å²) >= 11 is 3.29. The molecule has 0 radical (unpaired) electrons. The van der Waals surface area contributed by atoms with Gasteiger partial charge < -0.3 is 5.32 Å². The van der Waals surface area contributed by atoms with E-state index in [0.717, 1.165) is 10.2 Å². The molecule has 10 heteroatoms. The van der Waals surface area contributed by atoms with Crippen LogP contribution in [0.2, 0.25) is 0 Å². The van der Waals surface area contributed by atoms with E-state index in [1.54, 1.807) is 65.8 Å². The Morgan fingerprint density at radius 2 is 1.66 bits per heavy atom. The molecule has 4 rings (SSSR count). The number of aromatic nitrogens is 4. The molecule has 0 amide bonds. The molecule has 8 nitrogen and oxygen atoms in total. The van der Waals surface area contributed by atoms with Crippen LogP contribution in [0.15, 0.2) is 89.0 Å². The molecule has 29 heavy (non-hydrogen) atoms. The lowest BCUT2D eigenvalue weighted by Gasteiger charge is -2.10. The fourth-order valence-corrected chi connectivity index (χ4v) is 3.87. The van der Waals surface area contributed by atoms with E-state index in [1.807, 2.05) is 0 Å². The summed E-state index contributed by atoms with van der Waals surface area (Å²) in [6.07, 6.45) is 6.57. The maximum atomic E-state index is 12.5. The number of rotatable bonds is 6. The van der Waals surface area contributed by atoms with Crippen LogP contribution in [-0.2, 0) is 10.0 Å². The zero-order chi connectivity index (χ0) is 20.3. The van der Waals surface area contributed by atoms with E-state index in [-0.39, 0.29) is 4.90 Å². The predicted molar refractivity (Wildman–Crippen MR) is 114 cm³/mol. The topological polar surface area (TPSA) is 102 Å². The second kappa shape index (κ2) is 8.02. The molecule has 2 aromatic carbocycles. The molecular formula is C19H15BrN6O2S. The highest BCUT2D eigenvalue weighted by Crippen LogP contribution is 2.22. The summed E-state index contributed by atoms with van der Waals surface area (Å²) in [4.78, 5) is 12.6. The molecule has 2 heterocycles. The molecule has 0 aliphatic carbocycles. The highest BCUT2D eigenvalue weighted by molar-refractivity contribution is 9.10. The Labute approximate surface area is 175 Å².